The van der Waals surface area contributed by atoms with Gasteiger partial charge < -0.3 is 4.90 Å². The van der Waals surface area contributed by atoms with Crippen molar-refractivity contribution in [3.63, 3.8) is 0 Å². The van der Waals surface area contributed by atoms with E-state index in [4.69, 9.17) is 12.2 Å². The van der Waals surface area contributed by atoms with Gasteiger partial charge >= 0.3 is 23.3 Å². The average molecular weight is 491 g/mol. The molecule has 170 valence electrons. The van der Waals surface area contributed by atoms with Crippen molar-refractivity contribution in [2.45, 2.75) is 36.4 Å². The Morgan fingerprint density at radius 3 is 1.42 bits per heavy atom. The van der Waals surface area contributed by atoms with E-state index in [0.717, 1.165) is 4.90 Å². The van der Waals surface area contributed by atoms with Gasteiger partial charge in [0, 0.05) is 13.1 Å². The van der Waals surface area contributed by atoms with Gasteiger partial charge in [0.1, 0.15) is 4.32 Å². The summed E-state index contributed by atoms with van der Waals surface area (Å²) in [7, 11) is 0. The van der Waals surface area contributed by atoms with E-state index in [1.54, 1.807) is 60.7 Å². The van der Waals surface area contributed by atoms with Crippen LogP contribution in [0.5, 0.6) is 0 Å². The summed E-state index contributed by atoms with van der Waals surface area (Å²) in [6.07, 6.45) is -6.88. The monoisotopic (exact) mass is 491 g/mol. The largest absolute Gasteiger partial charge is 0.460 e. The number of nitrogens with zero attached hydrogens (tertiary/aromatic N) is 1. The van der Waals surface area contributed by atoms with E-state index in [2.05, 4.69) is 0 Å². The molecule has 0 fully saturated rings. The molecule has 2 rings (SSSR count). The number of thiocarbonyl (C=S) groups is 1. The number of rotatable bonds is 7. The van der Waals surface area contributed by atoms with Crippen molar-refractivity contribution >= 4 is 28.3 Å². The highest BCUT2D eigenvalue weighted by molar-refractivity contribution is 8.23. The van der Waals surface area contributed by atoms with Crippen LogP contribution >= 0.6 is 24.0 Å². The van der Waals surface area contributed by atoms with E-state index >= 15 is 0 Å². The van der Waals surface area contributed by atoms with Crippen molar-refractivity contribution in [1.82, 2.24) is 4.90 Å². The molecule has 0 atom stereocenters. The minimum Gasteiger partial charge on any atom is -0.349 e. The Kier molecular flexibility index (Phi) is 7.57. The van der Waals surface area contributed by atoms with E-state index in [9.17, 15) is 39.5 Å². The molecule has 0 N–H and O–H groups in total. The van der Waals surface area contributed by atoms with Gasteiger partial charge in [-0.05, 0) is 22.9 Å². The lowest BCUT2D eigenvalue weighted by Crippen LogP contribution is -2.60. The van der Waals surface area contributed by atoms with Gasteiger partial charge in [-0.1, -0.05) is 72.9 Å². The maximum atomic E-state index is 14.0. The normalized spacial score (nSPS) is 13.2. The van der Waals surface area contributed by atoms with E-state index in [0.29, 0.717) is 11.1 Å². The first-order valence-electron chi connectivity index (χ1n) is 8.45. The van der Waals surface area contributed by atoms with Crippen LogP contribution in [-0.4, -0.2) is 32.5 Å². The van der Waals surface area contributed by atoms with Gasteiger partial charge in [-0.3, -0.25) is 0 Å². The summed E-state index contributed by atoms with van der Waals surface area (Å²) in [5.74, 6) is -13.7. The van der Waals surface area contributed by atoms with Crippen LogP contribution in [0, 0.1) is 0 Å². The molecule has 0 aliphatic heterocycles. The fourth-order valence-corrected chi connectivity index (χ4v) is 3.57. The number of hydrogen-bond donors (Lipinski definition) is 0. The predicted octanol–water partition coefficient (Wildman–Crippen LogP) is 7.13. The third-order valence-corrected chi connectivity index (χ3v) is 5.48. The van der Waals surface area contributed by atoms with Crippen LogP contribution in [0.3, 0.4) is 0 Å². The molecule has 0 unspecified atom stereocenters. The summed E-state index contributed by atoms with van der Waals surface area (Å²) in [5, 5.41) is -5.84. The first-order chi connectivity index (χ1) is 14.2. The van der Waals surface area contributed by atoms with E-state index in [1.165, 1.54) is 0 Å². The fraction of sp³-hybridized carbons (Fsp3) is 0.316. The van der Waals surface area contributed by atoms with Crippen molar-refractivity contribution < 1.29 is 39.5 Å². The van der Waals surface area contributed by atoms with Crippen LogP contribution in [0.15, 0.2) is 60.7 Å². The maximum absolute atomic E-state index is 14.0. The van der Waals surface area contributed by atoms with Gasteiger partial charge in [-0.25, -0.2) is 0 Å². The lowest BCUT2D eigenvalue weighted by Gasteiger charge is -2.34. The summed E-state index contributed by atoms with van der Waals surface area (Å²) < 4.78 is 118. The number of alkyl halides is 9. The topological polar surface area (TPSA) is 3.24 Å². The molecule has 2 aromatic rings. The van der Waals surface area contributed by atoms with Crippen LogP contribution in [0.4, 0.5) is 39.5 Å². The summed E-state index contributed by atoms with van der Waals surface area (Å²) in [6.45, 7) is -0.336. The molecule has 0 saturated heterocycles. The molecule has 2 aromatic carbocycles. The Bertz CT molecular complexity index is 829. The third-order valence-electron chi connectivity index (χ3n) is 4.02. The first kappa shape index (κ1) is 25.3. The molecule has 31 heavy (non-hydrogen) atoms. The zero-order chi connectivity index (χ0) is 23.5. The van der Waals surface area contributed by atoms with Crippen molar-refractivity contribution in [3.8, 4) is 0 Å². The fourth-order valence-electron chi connectivity index (χ4n) is 2.39. The van der Waals surface area contributed by atoms with Gasteiger partial charge in [0.05, 0.1) is 0 Å². The third kappa shape index (κ3) is 5.65. The van der Waals surface area contributed by atoms with E-state index in [1.807, 2.05) is 0 Å². The minimum atomic E-state index is -6.96. The molecular weight excluding hydrogens is 477 g/mol. The summed E-state index contributed by atoms with van der Waals surface area (Å²) >= 11 is 3.55. The highest BCUT2D eigenvalue weighted by atomic mass is 32.2. The standard InChI is InChI=1S/C19H14F9NS2/c20-16(21,18(24,25)26)17(22,23)19(27,28)31-15(30)29(11-13-7-3-1-4-8-13)12-14-9-5-2-6-10-14/h1-10H,11-12H2. The smallest absolute Gasteiger partial charge is 0.349 e. The quantitative estimate of drug-likeness (QED) is 0.300. The lowest BCUT2D eigenvalue weighted by molar-refractivity contribution is -0.381. The molecule has 1 nitrogen and oxygen atoms in total. The second-order valence-electron chi connectivity index (χ2n) is 6.36. The van der Waals surface area contributed by atoms with Gasteiger partial charge in [0.25, 0.3) is 0 Å². The van der Waals surface area contributed by atoms with Crippen LogP contribution < -0.4 is 0 Å². The summed E-state index contributed by atoms with van der Waals surface area (Å²) in [6, 6.07) is 16.1. The van der Waals surface area contributed by atoms with Crippen molar-refractivity contribution in [1.29, 1.82) is 0 Å². The summed E-state index contributed by atoms with van der Waals surface area (Å²) in [5.41, 5.74) is 1.05. The molecule has 0 amide bonds. The van der Waals surface area contributed by atoms with Gasteiger partial charge in [0.15, 0.2) is 0 Å². The zero-order valence-corrected chi connectivity index (χ0v) is 17.0. The average Bonchev–Trinajstić information content (AvgIpc) is 2.67. The van der Waals surface area contributed by atoms with Gasteiger partial charge in [-0.2, -0.15) is 39.5 Å². The number of benzene rings is 2. The van der Waals surface area contributed by atoms with Crippen LogP contribution in [0.1, 0.15) is 11.1 Å². The second kappa shape index (κ2) is 9.27. The SMILES string of the molecule is FC(F)(F)C(F)(F)C(F)(F)C(F)(F)SC(=S)N(Cc1ccccc1)Cc1ccccc1. The second-order valence-corrected chi connectivity index (χ2v) is 8.11. The van der Waals surface area contributed by atoms with Crippen LogP contribution in [0.2, 0.25) is 0 Å². The van der Waals surface area contributed by atoms with Crippen molar-refractivity contribution in [2.75, 3.05) is 0 Å². The number of hydrogen-bond acceptors (Lipinski definition) is 2. The Hall–Kier alpha value is -1.95. The van der Waals surface area contributed by atoms with E-state index in [-0.39, 0.29) is 13.1 Å². The molecule has 0 saturated carbocycles. The Balaban J connectivity index is 2.30. The van der Waals surface area contributed by atoms with Gasteiger partial charge in [0.2, 0.25) is 0 Å². The van der Waals surface area contributed by atoms with E-state index < -0.39 is 39.4 Å². The number of thioether (sulfide) groups is 1. The number of halogens is 9. The Labute approximate surface area is 181 Å². The molecule has 0 aliphatic carbocycles. The van der Waals surface area contributed by atoms with Gasteiger partial charge in [-0.15, -0.1) is 0 Å². The molecule has 0 heterocycles. The minimum absolute atomic E-state index is 0.168. The predicted molar refractivity (Wildman–Crippen MR) is 103 cm³/mol. The zero-order valence-electron chi connectivity index (χ0n) is 15.4. The maximum Gasteiger partial charge on any atom is 0.460 e. The Morgan fingerprint density at radius 1 is 0.677 bits per heavy atom. The Morgan fingerprint density at radius 2 is 1.06 bits per heavy atom. The molecule has 0 spiro atoms. The molecule has 0 radical (unpaired) electrons. The highest BCUT2D eigenvalue weighted by Crippen LogP contribution is 2.57. The molecule has 0 bridgehead atoms. The van der Waals surface area contributed by atoms with Crippen LogP contribution in [0.25, 0.3) is 0 Å². The molecule has 0 aliphatic rings. The first-order valence-corrected chi connectivity index (χ1v) is 9.67. The molecule has 12 heteroatoms. The van der Waals surface area contributed by atoms with Crippen LogP contribution in [-0.2, 0) is 13.1 Å². The molecule has 0 aromatic heterocycles. The van der Waals surface area contributed by atoms with Crippen molar-refractivity contribution in [3.05, 3.63) is 71.8 Å². The lowest BCUT2D eigenvalue weighted by atomic mass is 10.1. The molecular formula is C19H14F9NS2. The highest BCUT2D eigenvalue weighted by Gasteiger charge is 2.82. The van der Waals surface area contributed by atoms with Crippen molar-refractivity contribution in [2.24, 2.45) is 0 Å². The summed E-state index contributed by atoms with van der Waals surface area (Å²) in [4.78, 5) is 1.01.